The first kappa shape index (κ1) is 25.6. The predicted octanol–water partition coefficient (Wildman–Crippen LogP) is 2.96. The molecule has 0 bridgehead atoms. The molecule has 0 atom stereocenters. The molecule has 0 amide bonds. The summed E-state index contributed by atoms with van der Waals surface area (Å²) >= 11 is 0. The number of ether oxygens (including phenoxy) is 1. The molecule has 214 valence electrons. The van der Waals surface area contributed by atoms with Crippen molar-refractivity contribution in [1.82, 2.24) is 4.58 Å². The van der Waals surface area contributed by atoms with Crippen LogP contribution in [-0.2, 0) is 25.7 Å². The zero-order valence-corrected chi connectivity index (χ0v) is 23.8. The fraction of sp³-hybridized carbons (Fsp3) is 0.400. The topological polar surface area (TPSA) is 92.9 Å². The molecule has 0 spiro atoms. The predicted molar refractivity (Wildman–Crippen MR) is 157 cm³/mol. The minimum atomic E-state index is -1.38. The van der Waals surface area contributed by atoms with Crippen molar-refractivity contribution >= 4 is 23.2 Å². The number of carbonyl (C=O) groups is 2. The number of anilines is 1. The van der Waals surface area contributed by atoms with Crippen molar-refractivity contribution < 1.29 is 24.5 Å². The summed E-state index contributed by atoms with van der Waals surface area (Å²) < 4.78 is 9.62. The van der Waals surface area contributed by atoms with Crippen LogP contribution < -0.4 is 29.9 Å². The Morgan fingerprint density at radius 3 is 2.45 bits per heavy atom. The van der Waals surface area contributed by atoms with Crippen molar-refractivity contribution in [2.24, 2.45) is 0 Å². The standard InChI is InChI=1S/C35H34N2O5/c38-34(39)22-11-12-23(26(19-22)35(40)41)29-27-17-20-7-1-3-13-36-15-5-9-24(30(20)36)32(27)42-33-25-10-6-16-37-14-4-2-8-21(31(25)37)18-28(29)33/h11-12,17-19H,1-10,13-16H2,(H-,38,39,40,41). The average molecular weight is 563 g/mol. The molecule has 0 saturated carbocycles. The number of aryl methyl sites for hydroxylation is 2. The van der Waals surface area contributed by atoms with E-state index in [4.69, 9.17) is 4.74 Å². The van der Waals surface area contributed by atoms with Crippen LogP contribution in [0.3, 0.4) is 0 Å². The van der Waals surface area contributed by atoms with E-state index in [1.54, 1.807) is 6.07 Å². The minimum Gasteiger partial charge on any atom is -0.545 e. The van der Waals surface area contributed by atoms with Crippen LogP contribution in [0.5, 0.6) is 11.5 Å². The van der Waals surface area contributed by atoms with Gasteiger partial charge in [0.05, 0.1) is 17.1 Å². The van der Waals surface area contributed by atoms with Crippen molar-refractivity contribution in [2.45, 2.75) is 64.2 Å². The summed E-state index contributed by atoms with van der Waals surface area (Å²) in [4.78, 5) is 27.0. The quantitative estimate of drug-likeness (QED) is 0.386. The first-order valence-corrected chi connectivity index (χ1v) is 15.5. The maximum atomic E-state index is 12.7. The molecule has 42 heavy (non-hydrogen) atoms. The Balaban J connectivity index is 1.53. The van der Waals surface area contributed by atoms with Crippen molar-refractivity contribution in [3.8, 4) is 11.5 Å². The summed E-state index contributed by atoms with van der Waals surface area (Å²) in [5, 5.41) is 24.4. The van der Waals surface area contributed by atoms with Gasteiger partial charge in [-0.05, 0) is 86.3 Å². The van der Waals surface area contributed by atoms with Gasteiger partial charge in [0.15, 0.2) is 0 Å². The summed E-state index contributed by atoms with van der Waals surface area (Å²) in [6.45, 7) is 4.20. The highest BCUT2D eigenvalue weighted by atomic mass is 16.5. The number of nitrogens with zero attached hydrogens (tertiary/aromatic N) is 2. The van der Waals surface area contributed by atoms with Gasteiger partial charge >= 0.3 is 5.97 Å². The number of rotatable bonds is 3. The summed E-state index contributed by atoms with van der Waals surface area (Å²) in [5.41, 5.74) is 8.52. The lowest BCUT2D eigenvalue weighted by Gasteiger charge is -2.35. The molecule has 3 aromatic carbocycles. The number of carboxylic acid groups (broad SMARTS) is 2. The minimum absolute atomic E-state index is 0.0269. The highest BCUT2D eigenvalue weighted by Gasteiger charge is 2.35. The van der Waals surface area contributed by atoms with Crippen LogP contribution in [0, 0.1) is 0 Å². The summed E-state index contributed by atoms with van der Waals surface area (Å²) in [6, 6.07) is 8.88. The van der Waals surface area contributed by atoms with Crippen LogP contribution >= 0.6 is 0 Å². The van der Waals surface area contributed by atoms with Gasteiger partial charge < -0.3 is 24.6 Å². The Morgan fingerprint density at radius 2 is 1.60 bits per heavy atom. The van der Waals surface area contributed by atoms with Crippen molar-refractivity contribution in [3.05, 3.63) is 85.4 Å². The number of aromatic carboxylic acids is 2. The maximum absolute atomic E-state index is 12.7. The third-order valence-electron chi connectivity index (χ3n) is 9.94. The van der Waals surface area contributed by atoms with Crippen LogP contribution in [0.1, 0.15) is 92.6 Å². The third kappa shape index (κ3) is 3.82. The lowest BCUT2D eigenvalue weighted by Crippen LogP contribution is -2.41. The van der Waals surface area contributed by atoms with E-state index in [1.807, 2.05) is 0 Å². The van der Waals surface area contributed by atoms with E-state index >= 15 is 0 Å². The molecule has 0 aromatic heterocycles. The first-order valence-electron chi connectivity index (χ1n) is 15.5. The number of carbonyl (C=O) groups excluding carboxylic acids is 1. The Labute approximate surface area is 244 Å². The maximum Gasteiger partial charge on any atom is 0.336 e. The molecule has 5 heterocycles. The zero-order chi connectivity index (χ0) is 28.5. The Hall–Kier alpha value is -4.13. The van der Waals surface area contributed by atoms with Crippen LogP contribution in [-0.4, -0.2) is 43.2 Å². The Bertz CT molecular complexity index is 1840. The number of hydrogen-bond donors (Lipinski definition) is 1. The molecule has 0 radical (unpaired) electrons. The van der Waals surface area contributed by atoms with E-state index in [0.29, 0.717) is 5.56 Å². The lowest BCUT2D eigenvalue weighted by molar-refractivity contribution is -0.255. The first-order chi connectivity index (χ1) is 20.5. The summed E-state index contributed by atoms with van der Waals surface area (Å²) in [7, 11) is 0. The molecule has 0 saturated heterocycles. The second-order valence-corrected chi connectivity index (χ2v) is 12.4. The van der Waals surface area contributed by atoms with Gasteiger partial charge in [0.1, 0.15) is 24.6 Å². The number of carboxylic acids is 2. The lowest BCUT2D eigenvalue weighted by atomic mass is 9.83. The molecule has 7 heteroatoms. The third-order valence-corrected chi connectivity index (χ3v) is 9.94. The molecule has 8 rings (SSSR count). The SMILES string of the molecule is O=C([O-])c1ccc(C2=c3cc4c5c(c3Oc3c2cc2c6c3CCCN6CCCC2)CCC[N+]=5CCCC4)c(C(=O)O)c1. The second-order valence-electron chi connectivity index (χ2n) is 12.4. The molecule has 3 aromatic rings. The van der Waals surface area contributed by atoms with Gasteiger partial charge in [-0.3, -0.25) is 0 Å². The molecule has 0 unspecified atom stereocenters. The zero-order valence-electron chi connectivity index (χ0n) is 23.8. The van der Waals surface area contributed by atoms with Gasteiger partial charge in [-0.1, -0.05) is 12.1 Å². The van der Waals surface area contributed by atoms with Gasteiger partial charge in [-0.25, -0.2) is 9.37 Å². The number of benzene rings is 3. The van der Waals surface area contributed by atoms with E-state index < -0.39 is 11.9 Å². The van der Waals surface area contributed by atoms with Crippen LogP contribution in [0.2, 0.25) is 0 Å². The van der Waals surface area contributed by atoms with Crippen LogP contribution in [0.4, 0.5) is 5.69 Å². The highest BCUT2D eigenvalue weighted by molar-refractivity contribution is 6.01. The molecular formula is C35H34N2O5. The van der Waals surface area contributed by atoms with E-state index in [0.717, 1.165) is 118 Å². The summed E-state index contributed by atoms with van der Waals surface area (Å²) in [5.74, 6) is -0.832. The highest BCUT2D eigenvalue weighted by Crippen LogP contribution is 2.48. The Kier molecular flexibility index (Phi) is 5.92. The van der Waals surface area contributed by atoms with Gasteiger partial charge in [0.2, 0.25) is 5.36 Å². The second kappa shape index (κ2) is 9.72. The molecule has 0 fully saturated rings. The van der Waals surface area contributed by atoms with Gasteiger partial charge in [-0.2, -0.15) is 0 Å². The average Bonchev–Trinajstić information content (AvgIpc) is 3.34. The number of hydrogen-bond acceptors (Lipinski definition) is 5. The number of fused-ring (bicyclic) bond motifs is 4. The van der Waals surface area contributed by atoms with Gasteiger partial charge in [0, 0.05) is 59.1 Å². The van der Waals surface area contributed by atoms with Crippen molar-refractivity contribution in [2.75, 3.05) is 31.1 Å². The smallest absolute Gasteiger partial charge is 0.336 e. The molecule has 5 aliphatic heterocycles. The Morgan fingerprint density at radius 1 is 0.810 bits per heavy atom. The molecule has 0 aliphatic carbocycles. The normalized spacial score (nSPS) is 18.5. The van der Waals surface area contributed by atoms with Crippen molar-refractivity contribution in [1.29, 1.82) is 0 Å². The van der Waals surface area contributed by atoms with Crippen LogP contribution in [0.15, 0.2) is 30.3 Å². The monoisotopic (exact) mass is 562 g/mol. The van der Waals surface area contributed by atoms with E-state index in [1.165, 1.54) is 45.4 Å². The van der Waals surface area contributed by atoms with E-state index in [-0.39, 0.29) is 11.1 Å². The van der Waals surface area contributed by atoms with E-state index in [9.17, 15) is 19.8 Å². The molecule has 1 N–H and O–H groups in total. The fourth-order valence-corrected chi connectivity index (χ4v) is 8.19. The summed E-state index contributed by atoms with van der Waals surface area (Å²) in [6.07, 6.45) is 10.4. The fourth-order valence-electron chi connectivity index (χ4n) is 8.19. The molecule has 5 aliphatic rings. The van der Waals surface area contributed by atoms with Gasteiger partial charge in [-0.15, -0.1) is 0 Å². The molecular weight excluding hydrogens is 528 g/mol. The van der Waals surface area contributed by atoms with Gasteiger partial charge in [0.25, 0.3) is 0 Å². The van der Waals surface area contributed by atoms with Crippen LogP contribution in [0.25, 0.3) is 5.57 Å². The van der Waals surface area contributed by atoms with Crippen molar-refractivity contribution in [3.63, 3.8) is 0 Å². The molecule has 7 nitrogen and oxygen atoms in total. The largest absolute Gasteiger partial charge is 0.545 e. The van der Waals surface area contributed by atoms with E-state index in [2.05, 4.69) is 21.6 Å².